The standard InChI is InChI=1S/C11H16N2O2/c12-11(15)10(8-14)13-7-6-9-4-2-1-3-5-9/h1-5,10,13-14H,6-8H2,(H2,12,15)/t10-/m0/s1. The molecule has 1 amide bonds. The van der Waals surface area contributed by atoms with Gasteiger partial charge in [-0.3, -0.25) is 4.79 Å². The first kappa shape index (κ1) is 11.7. The van der Waals surface area contributed by atoms with Crippen molar-refractivity contribution in [1.82, 2.24) is 5.32 Å². The van der Waals surface area contributed by atoms with Crippen LogP contribution in [-0.2, 0) is 11.2 Å². The average molecular weight is 208 g/mol. The number of carbonyl (C=O) groups is 1. The fraction of sp³-hybridized carbons (Fsp3) is 0.364. The summed E-state index contributed by atoms with van der Waals surface area (Å²) in [5, 5.41) is 11.7. The zero-order valence-electron chi connectivity index (χ0n) is 8.52. The summed E-state index contributed by atoms with van der Waals surface area (Å²) in [5.41, 5.74) is 6.25. The Morgan fingerprint density at radius 2 is 2.07 bits per heavy atom. The molecule has 1 aromatic rings. The van der Waals surface area contributed by atoms with Gasteiger partial charge in [0.05, 0.1) is 6.61 Å². The molecule has 0 saturated heterocycles. The van der Waals surface area contributed by atoms with Gasteiger partial charge in [0.15, 0.2) is 0 Å². The molecule has 0 radical (unpaired) electrons. The van der Waals surface area contributed by atoms with E-state index in [2.05, 4.69) is 5.32 Å². The lowest BCUT2D eigenvalue weighted by molar-refractivity contribution is -0.120. The van der Waals surface area contributed by atoms with Gasteiger partial charge in [-0.2, -0.15) is 0 Å². The number of aliphatic hydroxyl groups excluding tert-OH is 1. The molecule has 0 unspecified atom stereocenters. The predicted octanol–water partition coefficient (Wildman–Crippen LogP) is -0.335. The highest BCUT2D eigenvalue weighted by Crippen LogP contribution is 1.98. The fourth-order valence-electron chi connectivity index (χ4n) is 1.29. The second kappa shape index (κ2) is 6.16. The Hall–Kier alpha value is -1.39. The van der Waals surface area contributed by atoms with E-state index in [4.69, 9.17) is 10.8 Å². The van der Waals surface area contributed by atoms with Crippen LogP contribution < -0.4 is 11.1 Å². The maximum Gasteiger partial charge on any atom is 0.236 e. The monoisotopic (exact) mass is 208 g/mol. The number of benzene rings is 1. The van der Waals surface area contributed by atoms with Crippen molar-refractivity contribution in [2.75, 3.05) is 13.2 Å². The lowest BCUT2D eigenvalue weighted by Gasteiger charge is -2.11. The van der Waals surface area contributed by atoms with Crippen molar-refractivity contribution in [1.29, 1.82) is 0 Å². The SMILES string of the molecule is NC(=O)[C@H](CO)NCCc1ccccc1. The first-order chi connectivity index (χ1) is 7.24. The normalized spacial score (nSPS) is 12.3. The fourth-order valence-corrected chi connectivity index (χ4v) is 1.29. The molecule has 4 heteroatoms. The third kappa shape index (κ3) is 4.10. The molecule has 0 aliphatic rings. The summed E-state index contributed by atoms with van der Waals surface area (Å²) in [4.78, 5) is 10.8. The first-order valence-electron chi connectivity index (χ1n) is 4.91. The highest BCUT2D eigenvalue weighted by atomic mass is 16.3. The number of primary amides is 1. The van der Waals surface area contributed by atoms with Crippen LogP contribution in [0.4, 0.5) is 0 Å². The Bertz CT molecular complexity index is 301. The lowest BCUT2D eigenvalue weighted by atomic mass is 10.1. The highest BCUT2D eigenvalue weighted by molar-refractivity contribution is 5.79. The van der Waals surface area contributed by atoms with Crippen molar-refractivity contribution >= 4 is 5.91 Å². The molecule has 0 aliphatic carbocycles. The quantitative estimate of drug-likeness (QED) is 0.599. The van der Waals surface area contributed by atoms with Crippen molar-refractivity contribution in [3.05, 3.63) is 35.9 Å². The van der Waals surface area contributed by atoms with Crippen LogP contribution in [0.3, 0.4) is 0 Å². The van der Waals surface area contributed by atoms with E-state index in [1.807, 2.05) is 30.3 Å². The molecule has 0 fully saturated rings. The number of amides is 1. The van der Waals surface area contributed by atoms with E-state index in [0.717, 1.165) is 6.42 Å². The number of hydrogen-bond donors (Lipinski definition) is 3. The maximum atomic E-state index is 10.8. The van der Waals surface area contributed by atoms with E-state index < -0.39 is 11.9 Å². The molecule has 1 aromatic carbocycles. The summed E-state index contributed by atoms with van der Waals surface area (Å²) in [6, 6.07) is 9.27. The van der Waals surface area contributed by atoms with Crippen LogP contribution in [0.5, 0.6) is 0 Å². The maximum absolute atomic E-state index is 10.8. The number of nitrogens with two attached hydrogens (primary N) is 1. The molecule has 0 aliphatic heterocycles. The molecule has 1 atom stereocenters. The topological polar surface area (TPSA) is 75.4 Å². The third-order valence-corrected chi connectivity index (χ3v) is 2.17. The largest absolute Gasteiger partial charge is 0.394 e. The number of carbonyl (C=O) groups excluding carboxylic acids is 1. The second-order valence-corrected chi connectivity index (χ2v) is 3.33. The van der Waals surface area contributed by atoms with Crippen molar-refractivity contribution in [3.63, 3.8) is 0 Å². The second-order valence-electron chi connectivity index (χ2n) is 3.33. The zero-order chi connectivity index (χ0) is 11.1. The molecule has 0 spiro atoms. The zero-order valence-corrected chi connectivity index (χ0v) is 8.52. The van der Waals surface area contributed by atoms with Gasteiger partial charge in [-0.25, -0.2) is 0 Å². The van der Waals surface area contributed by atoms with Gasteiger partial charge in [0, 0.05) is 0 Å². The van der Waals surface area contributed by atoms with Crippen molar-refractivity contribution in [2.45, 2.75) is 12.5 Å². The van der Waals surface area contributed by atoms with Crippen LogP contribution in [0.15, 0.2) is 30.3 Å². The molecule has 1 rings (SSSR count). The minimum Gasteiger partial charge on any atom is -0.394 e. The Morgan fingerprint density at radius 1 is 1.40 bits per heavy atom. The predicted molar refractivity (Wildman–Crippen MR) is 58.2 cm³/mol. The van der Waals surface area contributed by atoms with Gasteiger partial charge < -0.3 is 16.2 Å². The van der Waals surface area contributed by atoms with Gasteiger partial charge >= 0.3 is 0 Å². The summed E-state index contributed by atoms with van der Waals surface area (Å²) in [7, 11) is 0. The Kier molecular flexibility index (Phi) is 4.80. The molecule has 82 valence electrons. The van der Waals surface area contributed by atoms with E-state index in [-0.39, 0.29) is 6.61 Å². The smallest absolute Gasteiger partial charge is 0.236 e. The van der Waals surface area contributed by atoms with Crippen LogP contribution >= 0.6 is 0 Å². The molecule has 4 nitrogen and oxygen atoms in total. The number of aliphatic hydroxyl groups is 1. The first-order valence-corrected chi connectivity index (χ1v) is 4.91. The van der Waals surface area contributed by atoms with E-state index in [1.165, 1.54) is 5.56 Å². The molecular weight excluding hydrogens is 192 g/mol. The van der Waals surface area contributed by atoms with Gasteiger partial charge in [-0.1, -0.05) is 30.3 Å². The van der Waals surface area contributed by atoms with Gasteiger partial charge in [0.2, 0.25) is 5.91 Å². The summed E-state index contributed by atoms with van der Waals surface area (Å²) in [6.07, 6.45) is 0.810. The van der Waals surface area contributed by atoms with Crippen molar-refractivity contribution in [3.8, 4) is 0 Å². The van der Waals surface area contributed by atoms with Gasteiger partial charge in [0.25, 0.3) is 0 Å². The van der Waals surface area contributed by atoms with E-state index in [9.17, 15) is 4.79 Å². The Morgan fingerprint density at radius 3 is 2.60 bits per heavy atom. The van der Waals surface area contributed by atoms with Crippen LogP contribution in [0.1, 0.15) is 5.56 Å². The van der Waals surface area contributed by atoms with E-state index >= 15 is 0 Å². The van der Waals surface area contributed by atoms with Crippen LogP contribution in [0.2, 0.25) is 0 Å². The molecule has 4 N–H and O–H groups in total. The number of hydrogen-bond acceptors (Lipinski definition) is 3. The molecule has 0 saturated carbocycles. The van der Waals surface area contributed by atoms with Crippen molar-refractivity contribution in [2.24, 2.45) is 5.73 Å². The van der Waals surface area contributed by atoms with Crippen LogP contribution in [-0.4, -0.2) is 30.2 Å². The van der Waals surface area contributed by atoms with Crippen molar-refractivity contribution < 1.29 is 9.90 Å². The van der Waals surface area contributed by atoms with Gasteiger partial charge in [-0.15, -0.1) is 0 Å². The molecular formula is C11H16N2O2. The van der Waals surface area contributed by atoms with E-state index in [1.54, 1.807) is 0 Å². The van der Waals surface area contributed by atoms with Gasteiger partial charge in [-0.05, 0) is 18.5 Å². The minimum atomic E-state index is -0.645. The van der Waals surface area contributed by atoms with Gasteiger partial charge in [0.1, 0.15) is 6.04 Å². The molecule has 0 heterocycles. The molecule has 15 heavy (non-hydrogen) atoms. The summed E-state index contributed by atoms with van der Waals surface area (Å²) in [6.45, 7) is 0.363. The lowest BCUT2D eigenvalue weighted by Crippen LogP contribution is -2.44. The Labute approximate surface area is 89.1 Å². The third-order valence-electron chi connectivity index (χ3n) is 2.17. The summed E-state index contributed by atoms with van der Waals surface area (Å²) >= 11 is 0. The van der Waals surface area contributed by atoms with Crippen LogP contribution in [0, 0.1) is 0 Å². The summed E-state index contributed by atoms with van der Waals surface area (Å²) in [5.74, 6) is -0.523. The summed E-state index contributed by atoms with van der Waals surface area (Å²) < 4.78 is 0. The highest BCUT2D eigenvalue weighted by Gasteiger charge is 2.11. The number of nitrogens with one attached hydrogen (secondary N) is 1. The van der Waals surface area contributed by atoms with Crippen LogP contribution in [0.25, 0.3) is 0 Å². The minimum absolute atomic E-state index is 0.260. The Balaban J connectivity index is 2.30. The molecule has 0 aromatic heterocycles. The number of rotatable bonds is 6. The molecule has 0 bridgehead atoms. The average Bonchev–Trinajstić information content (AvgIpc) is 2.25. The van der Waals surface area contributed by atoms with E-state index in [0.29, 0.717) is 6.54 Å².